The van der Waals surface area contributed by atoms with Crippen LogP contribution in [0.4, 0.5) is 15.8 Å². The summed E-state index contributed by atoms with van der Waals surface area (Å²) in [7, 11) is 0. The molecule has 0 atom stereocenters. The van der Waals surface area contributed by atoms with E-state index in [1.165, 1.54) is 27.9 Å². The molecule has 1 aromatic carbocycles. The second kappa shape index (κ2) is 7.09. The summed E-state index contributed by atoms with van der Waals surface area (Å²) in [4.78, 5) is 11.0. The Morgan fingerprint density at radius 2 is 2.03 bits per heavy atom. The van der Waals surface area contributed by atoms with Crippen molar-refractivity contribution in [1.82, 2.24) is 15.3 Å². The molecule has 0 bridgehead atoms. The van der Waals surface area contributed by atoms with Gasteiger partial charge in [-0.1, -0.05) is 6.08 Å². The number of halogens is 1. The summed E-state index contributed by atoms with van der Waals surface area (Å²) in [5, 5.41) is 7.96. The molecule has 0 saturated carbocycles. The lowest BCUT2D eigenvalue weighted by molar-refractivity contribution is 0.0622. The Hall–Kier alpha value is -2.39. The van der Waals surface area contributed by atoms with E-state index in [1.54, 1.807) is 29.1 Å². The van der Waals surface area contributed by atoms with Gasteiger partial charge in [-0.3, -0.25) is 0 Å². The van der Waals surface area contributed by atoms with Crippen molar-refractivity contribution >= 4 is 60.1 Å². The van der Waals surface area contributed by atoms with E-state index in [4.69, 9.17) is 4.74 Å². The van der Waals surface area contributed by atoms with Crippen LogP contribution in [0.3, 0.4) is 0 Å². The van der Waals surface area contributed by atoms with Crippen LogP contribution in [0, 0.1) is 5.82 Å². The van der Waals surface area contributed by atoms with Crippen LogP contribution in [0.15, 0.2) is 42.0 Å². The molecule has 30 heavy (non-hydrogen) atoms. The van der Waals surface area contributed by atoms with E-state index in [0.717, 1.165) is 58.7 Å². The second-order valence-corrected chi connectivity index (χ2v) is 9.58. The fraction of sp³-hybridized carbons (Fsp3) is 0.273. The average Bonchev–Trinajstić information content (AvgIpc) is 3.47. The summed E-state index contributed by atoms with van der Waals surface area (Å²) in [6, 6.07) is 7.39. The standard InChI is InChI=1S/C22H19FN4OS2/c23-15-10-20-18(25-12-29-20)11-17(15)27-16-2-5-24-21-13(16)9-19(30-21)14-1-6-26-22(14)3-7-28-8-4-22/h1-2,5,9-12,26H,3-4,6-8H2,(H,24,27). The fourth-order valence-corrected chi connectivity index (χ4v) is 6.29. The van der Waals surface area contributed by atoms with Crippen LogP contribution in [0.5, 0.6) is 0 Å². The molecule has 0 amide bonds. The van der Waals surface area contributed by atoms with Crippen LogP contribution in [0.1, 0.15) is 17.7 Å². The molecule has 8 heteroatoms. The van der Waals surface area contributed by atoms with Gasteiger partial charge in [0.05, 0.1) is 27.1 Å². The maximum Gasteiger partial charge on any atom is 0.148 e. The van der Waals surface area contributed by atoms with E-state index >= 15 is 0 Å². The van der Waals surface area contributed by atoms with Gasteiger partial charge in [0.15, 0.2) is 0 Å². The minimum absolute atomic E-state index is 0.00547. The van der Waals surface area contributed by atoms with Gasteiger partial charge in [0, 0.05) is 41.8 Å². The van der Waals surface area contributed by atoms with E-state index in [-0.39, 0.29) is 11.4 Å². The van der Waals surface area contributed by atoms with Crippen LogP contribution < -0.4 is 10.6 Å². The Kier molecular flexibility index (Phi) is 4.35. The highest BCUT2D eigenvalue weighted by molar-refractivity contribution is 7.19. The molecule has 2 N–H and O–H groups in total. The van der Waals surface area contributed by atoms with Crippen LogP contribution in [-0.2, 0) is 4.74 Å². The number of aromatic nitrogens is 2. The number of nitrogens with zero attached hydrogens (tertiary/aromatic N) is 2. The number of nitrogens with one attached hydrogen (secondary N) is 2. The smallest absolute Gasteiger partial charge is 0.148 e. The van der Waals surface area contributed by atoms with Crippen molar-refractivity contribution in [3.63, 3.8) is 0 Å². The van der Waals surface area contributed by atoms with Crippen molar-refractivity contribution < 1.29 is 9.13 Å². The third kappa shape index (κ3) is 2.94. The van der Waals surface area contributed by atoms with Crippen molar-refractivity contribution in [2.24, 2.45) is 0 Å². The molecule has 152 valence electrons. The maximum absolute atomic E-state index is 14.6. The lowest BCUT2D eigenvalue weighted by Crippen LogP contribution is -2.46. The highest BCUT2D eigenvalue weighted by atomic mass is 32.1. The predicted molar refractivity (Wildman–Crippen MR) is 121 cm³/mol. The molecule has 1 spiro atoms. The third-order valence-electron chi connectivity index (χ3n) is 6.00. The molecule has 5 nitrogen and oxygen atoms in total. The Balaban J connectivity index is 1.39. The SMILES string of the molecule is Fc1cc2scnc2cc1Nc1ccnc2sc(C3=CCNC34CCOCC4)cc12. The Labute approximate surface area is 180 Å². The number of anilines is 2. The van der Waals surface area contributed by atoms with E-state index in [1.807, 2.05) is 6.07 Å². The molecule has 3 aromatic heterocycles. The van der Waals surface area contributed by atoms with Gasteiger partial charge in [0.2, 0.25) is 0 Å². The molecular weight excluding hydrogens is 419 g/mol. The Morgan fingerprint density at radius 3 is 2.93 bits per heavy atom. The maximum atomic E-state index is 14.6. The summed E-state index contributed by atoms with van der Waals surface area (Å²) in [5.74, 6) is -0.281. The number of ether oxygens (including phenoxy) is 1. The first-order chi connectivity index (χ1) is 14.7. The molecule has 0 aliphatic carbocycles. The number of hydrogen-bond acceptors (Lipinski definition) is 7. The molecular formula is C22H19FN4OS2. The molecule has 5 heterocycles. The zero-order valence-corrected chi connectivity index (χ0v) is 17.7. The monoisotopic (exact) mass is 438 g/mol. The van der Waals surface area contributed by atoms with Crippen LogP contribution in [0.25, 0.3) is 26.0 Å². The van der Waals surface area contributed by atoms with Gasteiger partial charge in [-0.2, -0.15) is 0 Å². The first-order valence-corrected chi connectivity index (χ1v) is 11.6. The molecule has 2 aliphatic heterocycles. The minimum Gasteiger partial charge on any atom is -0.381 e. The third-order valence-corrected chi connectivity index (χ3v) is 7.87. The zero-order valence-electron chi connectivity index (χ0n) is 16.1. The fourth-order valence-electron chi connectivity index (χ4n) is 4.44. The number of thiophene rings is 1. The van der Waals surface area contributed by atoms with Gasteiger partial charge in [-0.05, 0) is 42.7 Å². The zero-order chi connectivity index (χ0) is 20.1. The highest BCUT2D eigenvalue weighted by Crippen LogP contribution is 2.43. The van der Waals surface area contributed by atoms with Crippen molar-refractivity contribution in [2.75, 3.05) is 25.1 Å². The van der Waals surface area contributed by atoms with Gasteiger partial charge in [-0.25, -0.2) is 14.4 Å². The molecule has 0 unspecified atom stereocenters. The second-order valence-electron chi connectivity index (χ2n) is 7.66. The van der Waals surface area contributed by atoms with E-state index in [0.29, 0.717) is 5.69 Å². The summed E-state index contributed by atoms with van der Waals surface area (Å²) in [5.41, 5.74) is 5.15. The van der Waals surface area contributed by atoms with Crippen LogP contribution in [0.2, 0.25) is 0 Å². The highest BCUT2D eigenvalue weighted by Gasteiger charge is 2.39. The summed E-state index contributed by atoms with van der Waals surface area (Å²) in [6.07, 6.45) is 6.02. The number of benzene rings is 1. The van der Waals surface area contributed by atoms with Crippen LogP contribution >= 0.6 is 22.7 Å². The first-order valence-electron chi connectivity index (χ1n) is 9.94. The Bertz CT molecular complexity index is 1290. The molecule has 1 fully saturated rings. The van der Waals surface area contributed by atoms with Crippen molar-refractivity contribution in [2.45, 2.75) is 18.4 Å². The lowest BCUT2D eigenvalue weighted by Gasteiger charge is -2.36. The molecule has 1 saturated heterocycles. The van der Waals surface area contributed by atoms with Gasteiger partial charge < -0.3 is 15.4 Å². The van der Waals surface area contributed by atoms with Crippen molar-refractivity contribution in [1.29, 1.82) is 0 Å². The number of rotatable bonds is 3. The normalized spacial score (nSPS) is 18.4. The van der Waals surface area contributed by atoms with E-state index < -0.39 is 0 Å². The van der Waals surface area contributed by atoms with Gasteiger partial charge in [0.25, 0.3) is 0 Å². The van der Waals surface area contributed by atoms with Gasteiger partial charge in [0.1, 0.15) is 10.6 Å². The van der Waals surface area contributed by atoms with Crippen molar-refractivity contribution in [3.05, 3.63) is 52.7 Å². The number of pyridine rings is 1. The van der Waals surface area contributed by atoms with E-state index in [2.05, 4.69) is 32.7 Å². The topological polar surface area (TPSA) is 59.1 Å². The van der Waals surface area contributed by atoms with Gasteiger partial charge >= 0.3 is 0 Å². The Morgan fingerprint density at radius 1 is 1.13 bits per heavy atom. The quantitative estimate of drug-likeness (QED) is 0.453. The lowest BCUT2D eigenvalue weighted by atomic mass is 9.83. The molecule has 0 radical (unpaired) electrons. The number of fused-ring (bicyclic) bond motifs is 2. The summed E-state index contributed by atoms with van der Waals surface area (Å²) >= 11 is 3.13. The molecule has 6 rings (SSSR count). The van der Waals surface area contributed by atoms with Crippen molar-refractivity contribution in [3.8, 4) is 0 Å². The minimum atomic E-state index is -0.281. The van der Waals surface area contributed by atoms with Crippen LogP contribution in [-0.4, -0.2) is 35.3 Å². The summed E-state index contributed by atoms with van der Waals surface area (Å²) in [6.45, 7) is 2.43. The van der Waals surface area contributed by atoms with E-state index in [9.17, 15) is 4.39 Å². The summed E-state index contributed by atoms with van der Waals surface area (Å²) < 4.78 is 21.1. The predicted octanol–water partition coefficient (Wildman–Crippen LogP) is 5.32. The molecule has 2 aliphatic rings. The largest absolute Gasteiger partial charge is 0.381 e. The number of thiazole rings is 1. The first kappa shape index (κ1) is 18.4. The number of hydrogen-bond donors (Lipinski definition) is 2. The average molecular weight is 439 g/mol. The van der Waals surface area contributed by atoms with Gasteiger partial charge in [-0.15, -0.1) is 22.7 Å². The molecule has 4 aromatic rings.